The van der Waals surface area contributed by atoms with Crippen LogP contribution in [-0.2, 0) is 6.18 Å². The molecule has 3 aromatic rings. The summed E-state index contributed by atoms with van der Waals surface area (Å²) in [6.45, 7) is 0. The predicted octanol–water partition coefficient (Wildman–Crippen LogP) is 5.90. The molecule has 124 valence electrons. The number of alkyl halides is 3. The summed E-state index contributed by atoms with van der Waals surface area (Å²) in [4.78, 5) is 0. The van der Waals surface area contributed by atoms with E-state index >= 15 is 0 Å². The maximum absolute atomic E-state index is 12.9. The first kappa shape index (κ1) is 17.0. The minimum Gasteiger partial charge on any atom is -0.507 e. The van der Waals surface area contributed by atoms with Gasteiger partial charge in [0.25, 0.3) is 0 Å². The molecule has 24 heavy (non-hydrogen) atoms. The van der Waals surface area contributed by atoms with Crippen molar-refractivity contribution in [2.45, 2.75) is 6.18 Å². The quantitative estimate of drug-likeness (QED) is 0.591. The summed E-state index contributed by atoms with van der Waals surface area (Å²) in [6, 6.07) is 7.38. The predicted molar refractivity (Wildman–Crippen MR) is 87.5 cm³/mol. The molecule has 0 amide bonds. The number of hydrogen-bond donors (Lipinski definition) is 1. The molecule has 0 atom stereocenters. The van der Waals surface area contributed by atoms with Gasteiger partial charge in [-0.05, 0) is 36.4 Å². The Hall–Kier alpha value is -1.83. The molecule has 0 unspecified atom stereocenters. The van der Waals surface area contributed by atoms with Crippen LogP contribution in [0.1, 0.15) is 5.56 Å². The second kappa shape index (κ2) is 6.23. The van der Waals surface area contributed by atoms with Crippen LogP contribution in [0.4, 0.5) is 13.2 Å². The van der Waals surface area contributed by atoms with Gasteiger partial charge in [0.1, 0.15) is 10.8 Å². The minimum atomic E-state index is -4.49. The highest BCUT2D eigenvalue weighted by molar-refractivity contribution is 7.18. The maximum Gasteiger partial charge on any atom is 0.416 e. The highest BCUT2D eigenvalue weighted by Crippen LogP contribution is 2.40. The average molecular weight is 391 g/mol. The number of nitrogens with zero attached hydrogens (tertiary/aromatic N) is 2. The lowest BCUT2D eigenvalue weighted by molar-refractivity contribution is -0.137. The zero-order valence-corrected chi connectivity index (χ0v) is 13.9. The second-order valence-electron chi connectivity index (χ2n) is 4.77. The standard InChI is InChI=1S/C15H7Cl2F3N2OS/c16-8-2-4-12(23)10(6-8)14-22-21-13(24-14)9-5-7(15(18,19)20)1-3-11(9)17/h1-6,23H. The van der Waals surface area contributed by atoms with E-state index in [1.807, 2.05) is 0 Å². The Labute approximate surface area is 148 Å². The van der Waals surface area contributed by atoms with Crippen LogP contribution in [0.2, 0.25) is 10.0 Å². The number of hydrogen-bond acceptors (Lipinski definition) is 4. The first-order chi connectivity index (χ1) is 11.3. The summed E-state index contributed by atoms with van der Waals surface area (Å²) >= 11 is 12.9. The van der Waals surface area contributed by atoms with E-state index in [1.54, 1.807) is 0 Å². The molecule has 1 N–H and O–H groups in total. The fourth-order valence-corrected chi connectivity index (χ4v) is 3.32. The molecule has 0 spiro atoms. The Morgan fingerprint density at radius 1 is 0.917 bits per heavy atom. The molecule has 0 bridgehead atoms. The van der Waals surface area contributed by atoms with Crippen molar-refractivity contribution in [2.24, 2.45) is 0 Å². The number of phenolic OH excluding ortho intramolecular Hbond substituents is 1. The number of aromatic nitrogens is 2. The van der Waals surface area contributed by atoms with Gasteiger partial charge in [0.05, 0.1) is 16.1 Å². The zero-order valence-electron chi connectivity index (χ0n) is 11.6. The van der Waals surface area contributed by atoms with Crippen molar-refractivity contribution in [1.82, 2.24) is 10.2 Å². The highest BCUT2D eigenvalue weighted by Gasteiger charge is 2.31. The number of halogens is 5. The van der Waals surface area contributed by atoms with Crippen LogP contribution in [0.3, 0.4) is 0 Å². The van der Waals surface area contributed by atoms with E-state index in [9.17, 15) is 18.3 Å². The highest BCUT2D eigenvalue weighted by atomic mass is 35.5. The third kappa shape index (κ3) is 3.33. The Morgan fingerprint density at radius 3 is 2.25 bits per heavy atom. The van der Waals surface area contributed by atoms with Gasteiger partial charge in [0.15, 0.2) is 5.01 Å². The van der Waals surface area contributed by atoms with Gasteiger partial charge in [-0.1, -0.05) is 34.5 Å². The molecule has 1 aromatic heterocycles. The average Bonchev–Trinajstić information content (AvgIpc) is 2.98. The summed E-state index contributed by atoms with van der Waals surface area (Å²) < 4.78 is 38.6. The number of aromatic hydroxyl groups is 1. The van der Waals surface area contributed by atoms with Gasteiger partial charge in [-0.3, -0.25) is 0 Å². The fourth-order valence-electron chi connectivity index (χ4n) is 1.99. The molecule has 0 aliphatic heterocycles. The molecule has 0 radical (unpaired) electrons. The normalized spacial score (nSPS) is 11.7. The first-order valence-corrected chi connectivity index (χ1v) is 8.02. The monoisotopic (exact) mass is 390 g/mol. The van der Waals surface area contributed by atoms with Crippen molar-refractivity contribution in [1.29, 1.82) is 0 Å². The van der Waals surface area contributed by atoms with Crippen LogP contribution in [0.25, 0.3) is 21.1 Å². The molecule has 0 saturated heterocycles. The van der Waals surface area contributed by atoms with Crippen LogP contribution >= 0.6 is 34.5 Å². The molecular formula is C15H7Cl2F3N2OS. The molecule has 1 heterocycles. The van der Waals surface area contributed by atoms with Gasteiger partial charge in [-0.2, -0.15) is 13.2 Å². The van der Waals surface area contributed by atoms with E-state index < -0.39 is 11.7 Å². The van der Waals surface area contributed by atoms with Crippen LogP contribution < -0.4 is 0 Å². The van der Waals surface area contributed by atoms with Crippen molar-refractivity contribution in [2.75, 3.05) is 0 Å². The van der Waals surface area contributed by atoms with Gasteiger partial charge in [0.2, 0.25) is 0 Å². The fraction of sp³-hybridized carbons (Fsp3) is 0.0667. The van der Waals surface area contributed by atoms with Crippen molar-refractivity contribution in [3.8, 4) is 26.9 Å². The van der Waals surface area contributed by atoms with E-state index in [4.69, 9.17) is 23.2 Å². The summed E-state index contributed by atoms with van der Waals surface area (Å²) in [5.41, 5.74) is -0.365. The largest absolute Gasteiger partial charge is 0.507 e. The zero-order chi connectivity index (χ0) is 17.5. The maximum atomic E-state index is 12.9. The Balaban J connectivity index is 2.07. The van der Waals surface area contributed by atoms with Gasteiger partial charge in [-0.25, -0.2) is 0 Å². The van der Waals surface area contributed by atoms with E-state index in [1.165, 1.54) is 18.2 Å². The topological polar surface area (TPSA) is 46.0 Å². The third-order valence-electron chi connectivity index (χ3n) is 3.14. The lowest BCUT2D eigenvalue weighted by atomic mass is 10.1. The summed E-state index contributed by atoms with van der Waals surface area (Å²) in [7, 11) is 0. The molecular weight excluding hydrogens is 384 g/mol. The Morgan fingerprint density at radius 2 is 1.58 bits per heavy atom. The van der Waals surface area contributed by atoms with E-state index in [-0.39, 0.29) is 21.3 Å². The van der Waals surface area contributed by atoms with Crippen molar-refractivity contribution < 1.29 is 18.3 Å². The number of phenols is 1. The second-order valence-corrected chi connectivity index (χ2v) is 6.59. The Bertz CT molecular complexity index is 912. The van der Waals surface area contributed by atoms with Gasteiger partial charge in [-0.15, -0.1) is 10.2 Å². The molecule has 0 aliphatic carbocycles. The Kier molecular flexibility index (Phi) is 4.42. The van der Waals surface area contributed by atoms with Crippen LogP contribution in [0.5, 0.6) is 5.75 Å². The van der Waals surface area contributed by atoms with Crippen LogP contribution in [0, 0.1) is 0 Å². The first-order valence-electron chi connectivity index (χ1n) is 6.45. The smallest absolute Gasteiger partial charge is 0.416 e. The lowest BCUT2D eigenvalue weighted by Gasteiger charge is -2.08. The molecule has 3 nitrogen and oxygen atoms in total. The number of benzene rings is 2. The van der Waals surface area contributed by atoms with E-state index in [0.29, 0.717) is 15.6 Å². The van der Waals surface area contributed by atoms with Gasteiger partial charge >= 0.3 is 6.18 Å². The summed E-state index contributed by atoms with van der Waals surface area (Å²) in [6.07, 6.45) is -4.49. The third-order valence-corrected chi connectivity index (χ3v) is 4.69. The SMILES string of the molecule is Oc1ccc(Cl)cc1-c1nnc(-c2cc(C(F)(F)F)ccc2Cl)s1. The molecule has 2 aromatic carbocycles. The van der Waals surface area contributed by atoms with E-state index in [0.717, 1.165) is 29.5 Å². The van der Waals surface area contributed by atoms with Crippen molar-refractivity contribution in [3.63, 3.8) is 0 Å². The lowest BCUT2D eigenvalue weighted by Crippen LogP contribution is -2.04. The summed E-state index contributed by atoms with van der Waals surface area (Å²) in [5.74, 6) is -0.0581. The molecule has 0 fully saturated rings. The van der Waals surface area contributed by atoms with E-state index in [2.05, 4.69) is 10.2 Å². The van der Waals surface area contributed by atoms with Gasteiger partial charge in [0, 0.05) is 10.6 Å². The minimum absolute atomic E-state index is 0.0581. The molecule has 0 saturated carbocycles. The number of rotatable bonds is 2. The van der Waals surface area contributed by atoms with Crippen LogP contribution in [0.15, 0.2) is 36.4 Å². The van der Waals surface area contributed by atoms with Gasteiger partial charge < -0.3 is 5.11 Å². The van der Waals surface area contributed by atoms with Crippen LogP contribution in [-0.4, -0.2) is 15.3 Å². The molecule has 3 rings (SSSR count). The molecule has 9 heteroatoms. The summed E-state index contributed by atoms with van der Waals surface area (Å²) in [5, 5.41) is 18.7. The van der Waals surface area contributed by atoms with Crippen molar-refractivity contribution >= 4 is 34.5 Å². The van der Waals surface area contributed by atoms with Crippen molar-refractivity contribution in [3.05, 3.63) is 52.0 Å². The molecule has 0 aliphatic rings.